The monoisotopic (exact) mass is 244 g/mol. The van der Waals surface area contributed by atoms with E-state index in [0.29, 0.717) is 11.9 Å². The zero-order valence-corrected chi connectivity index (χ0v) is 11.1. The van der Waals surface area contributed by atoms with Crippen LogP contribution in [0.2, 0.25) is 0 Å². The van der Waals surface area contributed by atoms with Crippen LogP contribution < -0.4 is 0 Å². The minimum atomic E-state index is 0.358. The van der Waals surface area contributed by atoms with Gasteiger partial charge in [-0.25, -0.2) is 9.67 Å². The molecule has 4 nitrogen and oxygen atoms in total. The molecule has 0 saturated heterocycles. The van der Waals surface area contributed by atoms with Crippen molar-refractivity contribution in [1.82, 2.24) is 19.7 Å². The zero-order chi connectivity index (χ0) is 12.0. The number of hydrogen-bond acceptors (Lipinski definition) is 3. The van der Waals surface area contributed by atoms with Crippen molar-refractivity contribution < 1.29 is 0 Å². The molecule has 0 fully saturated rings. The summed E-state index contributed by atoms with van der Waals surface area (Å²) < 4.78 is 1.97. The van der Waals surface area contributed by atoms with Crippen molar-refractivity contribution in [2.24, 2.45) is 0 Å². The highest BCUT2D eigenvalue weighted by atomic mass is 35.5. The Morgan fingerprint density at radius 3 is 2.75 bits per heavy atom. The minimum Gasteiger partial charge on any atom is -0.295 e. The first-order valence-corrected chi connectivity index (χ1v) is 6.39. The lowest BCUT2D eigenvalue weighted by Gasteiger charge is -2.20. The molecule has 0 bridgehead atoms. The van der Waals surface area contributed by atoms with Gasteiger partial charge >= 0.3 is 0 Å². The van der Waals surface area contributed by atoms with Gasteiger partial charge < -0.3 is 0 Å². The predicted molar refractivity (Wildman–Crippen MR) is 66.7 cm³/mol. The van der Waals surface area contributed by atoms with E-state index in [1.54, 1.807) is 6.33 Å². The number of aromatic nitrogens is 3. The lowest BCUT2D eigenvalue weighted by molar-refractivity contribution is 0.266. The van der Waals surface area contributed by atoms with Crippen LogP contribution in [-0.2, 0) is 6.54 Å². The SMILES string of the molecule is CCCN(CCCl)Cc1ncnn1C(C)C. The van der Waals surface area contributed by atoms with Gasteiger partial charge in [-0.2, -0.15) is 5.10 Å². The molecule has 0 aliphatic carbocycles. The first-order valence-electron chi connectivity index (χ1n) is 5.85. The van der Waals surface area contributed by atoms with E-state index in [-0.39, 0.29) is 0 Å². The van der Waals surface area contributed by atoms with Crippen molar-refractivity contribution in [3.63, 3.8) is 0 Å². The molecule has 1 heterocycles. The molecule has 0 atom stereocenters. The second-order valence-corrected chi connectivity index (χ2v) is 4.56. The average Bonchev–Trinajstić information content (AvgIpc) is 2.66. The van der Waals surface area contributed by atoms with Crippen molar-refractivity contribution in [1.29, 1.82) is 0 Å². The molecule has 0 radical (unpaired) electrons. The summed E-state index contributed by atoms with van der Waals surface area (Å²) in [6, 6.07) is 0.358. The summed E-state index contributed by atoms with van der Waals surface area (Å²) in [5.74, 6) is 1.68. The Balaban J connectivity index is 2.64. The van der Waals surface area contributed by atoms with Crippen LogP contribution in [0.3, 0.4) is 0 Å². The molecule has 1 rings (SSSR count). The average molecular weight is 245 g/mol. The molecule has 92 valence electrons. The van der Waals surface area contributed by atoms with Crippen LogP contribution in [0.25, 0.3) is 0 Å². The van der Waals surface area contributed by atoms with Crippen molar-refractivity contribution in [3.8, 4) is 0 Å². The Hall–Kier alpha value is -0.610. The van der Waals surface area contributed by atoms with E-state index >= 15 is 0 Å². The highest BCUT2D eigenvalue weighted by Crippen LogP contribution is 2.08. The molecule has 0 amide bonds. The van der Waals surface area contributed by atoms with Crippen LogP contribution in [0.5, 0.6) is 0 Å². The van der Waals surface area contributed by atoms with E-state index < -0.39 is 0 Å². The summed E-state index contributed by atoms with van der Waals surface area (Å²) in [6.07, 6.45) is 2.76. The fourth-order valence-electron chi connectivity index (χ4n) is 1.72. The Bertz CT molecular complexity index is 292. The van der Waals surface area contributed by atoms with Crippen molar-refractivity contribution in [2.75, 3.05) is 19.0 Å². The molecule has 1 aromatic heterocycles. The molecular formula is C11H21ClN4. The Kier molecular flexibility index (Phi) is 5.77. The second-order valence-electron chi connectivity index (χ2n) is 4.18. The van der Waals surface area contributed by atoms with Crippen LogP contribution in [0.4, 0.5) is 0 Å². The van der Waals surface area contributed by atoms with Crippen LogP contribution in [0.15, 0.2) is 6.33 Å². The van der Waals surface area contributed by atoms with Crippen LogP contribution >= 0.6 is 11.6 Å². The zero-order valence-electron chi connectivity index (χ0n) is 10.4. The first-order chi connectivity index (χ1) is 7.69. The summed E-state index contributed by atoms with van der Waals surface area (Å²) in [4.78, 5) is 6.62. The van der Waals surface area contributed by atoms with E-state index in [0.717, 1.165) is 31.9 Å². The normalized spacial score (nSPS) is 11.6. The molecule has 0 spiro atoms. The molecule has 0 aliphatic rings. The molecule has 5 heteroatoms. The fraction of sp³-hybridized carbons (Fsp3) is 0.818. The highest BCUT2D eigenvalue weighted by molar-refractivity contribution is 6.18. The summed E-state index contributed by atoms with van der Waals surface area (Å²) >= 11 is 5.79. The topological polar surface area (TPSA) is 34.0 Å². The quantitative estimate of drug-likeness (QED) is 0.691. The largest absolute Gasteiger partial charge is 0.295 e. The van der Waals surface area contributed by atoms with Crippen LogP contribution in [0, 0.1) is 0 Å². The minimum absolute atomic E-state index is 0.358. The van der Waals surface area contributed by atoms with E-state index in [4.69, 9.17) is 11.6 Å². The van der Waals surface area contributed by atoms with Crippen molar-refractivity contribution in [2.45, 2.75) is 39.8 Å². The van der Waals surface area contributed by atoms with Gasteiger partial charge in [0, 0.05) is 18.5 Å². The predicted octanol–water partition coefficient (Wildman–Crippen LogP) is 2.31. The number of halogens is 1. The first kappa shape index (κ1) is 13.5. The lowest BCUT2D eigenvalue weighted by Crippen LogP contribution is -2.28. The third-order valence-corrected chi connectivity index (χ3v) is 2.61. The third-order valence-electron chi connectivity index (χ3n) is 2.44. The van der Waals surface area contributed by atoms with E-state index in [1.807, 2.05) is 4.68 Å². The molecule has 0 unspecified atom stereocenters. The van der Waals surface area contributed by atoms with Crippen LogP contribution in [-0.4, -0.2) is 38.6 Å². The van der Waals surface area contributed by atoms with Gasteiger partial charge in [-0.3, -0.25) is 4.90 Å². The standard InChI is InChI=1S/C11H21ClN4/c1-4-6-15(7-5-12)8-11-13-9-14-16(11)10(2)3/h9-10H,4-8H2,1-3H3. The van der Waals surface area contributed by atoms with Gasteiger partial charge in [0.2, 0.25) is 0 Å². The van der Waals surface area contributed by atoms with Gasteiger partial charge in [0.05, 0.1) is 6.54 Å². The maximum Gasteiger partial charge on any atom is 0.141 e. The van der Waals surface area contributed by atoms with E-state index in [2.05, 4.69) is 35.8 Å². The summed E-state index contributed by atoms with van der Waals surface area (Å²) in [5, 5.41) is 4.23. The number of hydrogen-bond donors (Lipinski definition) is 0. The molecule has 16 heavy (non-hydrogen) atoms. The Labute approximate surface area is 103 Å². The van der Waals surface area contributed by atoms with E-state index in [9.17, 15) is 0 Å². The van der Waals surface area contributed by atoms with Gasteiger partial charge in [-0.1, -0.05) is 6.92 Å². The number of rotatable bonds is 7. The second kappa shape index (κ2) is 6.86. The fourth-order valence-corrected chi connectivity index (χ4v) is 1.96. The summed E-state index contributed by atoms with van der Waals surface area (Å²) in [7, 11) is 0. The van der Waals surface area contributed by atoms with Gasteiger partial charge in [0.15, 0.2) is 0 Å². The van der Waals surface area contributed by atoms with Crippen molar-refractivity contribution in [3.05, 3.63) is 12.2 Å². The maximum absolute atomic E-state index is 5.79. The summed E-state index contributed by atoms with van der Waals surface area (Å²) in [5.41, 5.74) is 0. The molecule has 0 aliphatic heterocycles. The van der Waals surface area contributed by atoms with Gasteiger partial charge in [-0.05, 0) is 26.8 Å². The number of alkyl halides is 1. The maximum atomic E-state index is 5.79. The smallest absolute Gasteiger partial charge is 0.141 e. The van der Waals surface area contributed by atoms with Gasteiger partial charge in [-0.15, -0.1) is 11.6 Å². The molecule has 0 saturated carbocycles. The lowest BCUT2D eigenvalue weighted by atomic mass is 10.3. The Morgan fingerprint density at radius 1 is 1.44 bits per heavy atom. The molecule has 0 N–H and O–H groups in total. The molecular weight excluding hydrogens is 224 g/mol. The molecule has 1 aromatic rings. The van der Waals surface area contributed by atoms with Gasteiger partial charge in [0.25, 0.3) is 0 Å². The summed E-state index contributed by atoms with van der Waals surface area (Å²) in [6.45, 7) is 9.19. The van der Waals surface area contributed by atoms with Crippen molar-refractivity contribution >= 4 is 11.6 Å². The van der Waals surface area contributed by atoms with Gasteiger partial charge in [0.1, 0.15) is 12.2 Å². The third kappa shape index (κ3) is 3.76. The van der Waals surface area contributed by atoms with E-state index in [1.165, 1.54) is 0 Å². The molecule has 0 aromatic carbocycles. The number of nitrogens with zero attached hydrogens (tertiary/aromatic N) is 4. The highest BCUT2D eigenvalue weighted by Gasteiger charge is 2.11. The Morgan fingerprint density at radius 2 is 2.19 bits per heavy atom. The van der Waals surface area contributed by atoms with Crippen LogP contribution in [0.1, 0.15) is 39.1 Å².